The van der Waals surface area contributed by atoms with E-state index >= 15 is 0 Å². The smallest absolute Gasteiger partial charge is 0.195 e. The molecule has 0 amide bonds. The zero-order chi connectivity index (χ0) is 14.7. The quantitative estimate of drug-likeness (QED) is 0.707. The first kappa shape index (κ1) is 14.4. The van der Waals surface area contributed by atoms with E-state index in [0.29, 0.717) is 24.5 Å². The molecule has 0 saturated heterocycles. The van der Waals surface area contributed by atoms with Crippen molar-refractivity contribution in [2.45, 2.75) is 25.9 Å². The Morgan fingerprint density at radius 3 is 2.55 bits per heavy atom. The van der Waals surface area contributed by atoms with Crippen LogP contribution in [0.4, 0.5) is 0 Å². The molecular weight excluding hydrogens is 252 g/mol. The van der Waals surface area contributed by atoms with Crippen molar-refractivity contribution in [1.29, 1.82) is 5.41 Å². The topological polar surface area (TPSA) is 107 Å². The maximum absolute atomic E-state index is 7.96. The molecule has 0 bridgehead atoms. The van der Waals surface area contributed by atoms with Crippen molar-refractivity contribution in [1.82, 2.24) is 14.8 Å². The van der Waals surface area contributed by atoms with E-state index in [0.717, 1.165) is 17.0 Å². The molecule has 1 atom stereocenters. The summed E-state index contributed by atoms with van der Waals surface area (Å²) < 4.78 is 1.68. The number of hydrogen-bond acceptors (Lipinski definition) is 5. The molecule has 5 N–H and O–H groups in total. The predicted octanol–water partition coefficient (Wildman–Crippen LogP) is 1.05. The second-order valence-corrected chi connectivity index (χ2v) is 4.94. The normalized spacial score (nSPS) is 12.4. The van der Waals surface area contributed by atoms with Gasteiger partial charge in [-0.05, 0) is 12.5 Å². The number of aryl methyl sites for hydroxylation is 1. The molecule has 20 heavy (non-hydrogen) atoms. The van der Waals surface area contributed by atoms with Gasteiger partial charge in [-0.15, -0.1) is 5.10 Å². The Morgan fingerprint density at radius 1 is 1.35 bits per heavy atom. The lowest BCUT2D eigenvalue weighted by atomic mass is 10.1. The van der Waals surface area contributed by atoms with Gasteiger partial charge >= 0.3 is 0 Å². The summed E-state index contributed by atoms with van der Waals surface area (Å²) >= 11 is 0. The lowest BCUT2D eigenvalue weighted by Crippen LogP contribution is -2.20. The van der Waals surface area contributed by atoms with Gasteiger partial charge in [0.2, 0.25) is 0 Å². The molecule has 0 aliphatic rings. The average molecular weight is 272 g/mol. The monoisotopic (exact) mass is 272 g/mol. The van der Waals surface area contributed by atoms with Gasteiger partial charge in [0.05, 0.1) is 5.71 Å². The van der Waals surface area contributed by atoms with Crippen LogP contribution in [0.2, 0.25) is 0 Å². The minimum atomic E-state index is -0.0707. The first-order valence-electron chi connectivity index (χ1n) is 6.55. The standard InChI is InChI=1S/C14H20N6/c1-9(16)7-12(17)13-18-14(20(2)19-13)11-5-3-10(8-15)4-6-11/h3-6,9,17H,7-8,15-16H2,1-2H3. The van der Waals surface area contributed by atoms with Gasteiger partial charge in [-0.25, -0.2) is 9.67 Å². The number of hydrogen-bond donors (Lipinski definition) is 3. The van der Waals surface area contributed by atoms with Crippen LogP contribution in [0.3, 0.4) is 0 Å². The van der Waals surface area contributed by atoms with E-state index in [2.05, 4.69) is 10.1 Å². The van der Waals surface area contributed by atoms with Crippen molar-refractivity contribution in [3.8, 4) is 11.4 Å². The number of nitrogens with zero attached hydrogens (tertiary/aromatic N) is 3. The Morgan fingerprint density at radius 2 is 2.00 bits per heavy atom. The predicted molar refractivity (Wildman–Crippen MR) is 79.4 cm³/mol. The molecule has 2 rings (SSSR count). The molecule has 1 aromatic carbocycles. The molecule has 0 aliphatic carbocycles. The lowest BCUT2D eigenvalue weighted by molar-refractivity contribution is 0.755. The van der Waals surface area contributed by atoms with Gasteiger partial charge in [-0.2, -0.15) is 0 Å². The van der Waals surface area contributed by atoms with Gasteiger partial charge in [-0.1, -0.05) is 24.3 Å². The molecule has 106 valence electrons. The summed E-state index contributed by atoms with van der Waals surface area (Å²) in [5.41, 5.74) is 13.7. The number of rotatable bonds is 5. The van der Waals surface area contributed by atoms with Crippen LogP contribution in [0.25, 0.3) is 11.4 Å². The molecule has 1 unspecified atom stereocenters. The van der Waals surface area contributed by atoms with Gasteiger partial charge < -0.3 is 16.9 Å². The largest absolute Gasteiger partial charge is 0.328 e. The van der Waals surface area contributed by atoms with E-state index in [4.69, 9.17) is 16.9 Å². The van der Waals surface area contributed by atoms with Crippen LogP contribution in [-0.2, 0) is 13.6 Å². The Hall–Kier alpha value is -2.05. The zero-order valence-electron chi connectivity index (χ0n) is 11.8. The Kier molecular flexibility index (Phi) is 4.26. The van der Waals surface area contributed by atoms with Crippen molar-refractivity contribution in [2.24, 2.45) is 18.5 Å². The average Bonchev–Trinajstić information content (AvgIpc) is 2.80. The van der Waals surface area contributed by atoms with Crippen LogP contribution in [-0.4, -0.2) is 26.5 Å². The van der Waals surface area contributed by atoms with Crippen LogP contribution in [0.1, 0.15) is 24.7 Å². The molecule has 1 heterocycles. The third-order valence-corrected chi connectivity index (χ3v) is 3.01. The molecule has 6 nitrogen and oxygen atoms in total. The van der Waals surface area contributed by atoms with Gasteiger partial charge in [0.25, 0.3) is 0 Å². The molecule has 0 saturated carbocycles. The molecule has 0 radical (unpaired) electrons. The first-order valence-corrected chi connectivity index (χ1v) is 6.55. The highest BCUT2D eigenvalue weighted by atomic mass is 15.3. The molecule has 6 heteroatoms. The first-order chi connectivity index (χ1) is 9.51. The van der Waals surface area contributed by atoms with Crippen molar-refractivity contribution >= 4 is 5.71 Å². The highest BCUT2D eigenvalue weighted by molar-refractivity contribution is 5.95. The Balaban J connectivity index is 2.28. The van der Waals surface area contributed by atoms with Gasteiger partial charge in [0.15, 0.2) is 11.6 Å². The van der Waals surface area contributed by atoms with Crippen LogP contribution in [0.15, 0.2) is 24.3 Å². The molecule has 2 aromatic rings. The maximum atomic E-state index is 7.96. The Labute approximate surface area is 118 Å². The number of nitrogens with one attached hydrogen (secondary N) is 1. The Bertz CT molecular complexity index is 597. The van der Waals surface area contributed by atoms with Crippen molar-refractivity contribution in [3.05, 3.63) is 35.7 Å². The van der Waals surface area contributed by atoms with Crippen LogP contribution >= 0.6 is 0 Å². The molecular formula is C14H20N6. The number of benzene rings is 1. The van der Waals surface area contributed by atoms with Crippen LogP contribution < -0.4 is 11.5 Å². The summed E-state index contributed by atoms with van der Waals surface area (Å²) in [6.45, 7) is 2.38. The summed E-state index contributed by atoms with van der Waals surface area (Å²) in [5, 5.41) is 12.2. The fraction of sp³-hybridized carbons (Fsp3) is 0.357. The fourth-order valence-electron chi connectivity index (χ4n) is 1.97. The minimum absolute atomic E-state index is 0.0707. The van der Waals surface area contributed by atoms with Crippen LogP contribution in [0, 0.1) is 5.41 Å². The second kappa shape index (κ2) is 5.94. The highest BCUT2D eigenvalue weighted by Gasteiger charge is 2.14. The van der Waals surface area contributed by atoms with Crippen molar-refractivity contribution in [2.75, 3.05) is 0 Å². The minimum Gasteiger partial charge on any atom is -0.328 e. The molecule has 1 aromatic heterocycles. The fourth-order valence-corrected chi connectivity index (χ4v) is 1.97. The summed E-state index contributed by atoms with van der Waals surface area (Å²) in [6.07, 6.45) is 0.468. The summed E-state index contributed by atoms with van der Waals surface area (Å²) in [6, 6.07) is 7.79. The van der Waals surface area contributed by atoms with Gasteiger partial charge in [-0.3, -0.25) is 0 Å². The van der Waals surface area contributed by atoms with Crippen molar-refractivity contribution < 1.29 is 0 Å². The van der Waals surface area contributed by atoms with Crippen LogP contribution in [0.5, 0.6) is 0 Å². The zero-order valence-corrected chi connectivity index (χ0v) is 11.8. The van der Waals surface area contributed by atoms with E-state index in [-0.39, 0.29) is 6.04 Å². The van der Waals surface area contributed by atoms with Gasteiger partial charge in [0.1, 0.15) is 0 Å². The van der Waals surface area contributed by atoms with E-state index < -0.39 is 0 Å². The number of nitrogens with two attached hydrogens (primary N) is 2. The molecule has 0 aliphatic heterocycles. The lowest BCUT2D eigenvalue weighted by Gasteiger charge is -2.02. The van der Waals surface area contributed by atoms with E-state index in [1.807, 2.05) is 38.2 Å². The SMILES string of the molecule is CC(N)CC(=N)c1nc(-c2ccc(CN)cc2)n(C)n1. The van der Waals surface area contributed by atoms with E-state index in [1.165, 1.54) is 0 Å². The molecule has 0 fully saturated rings. The summed E-state index contributed by atoms with van der Waals surface area (Å²) in [5.74, 6) is 1.17. The second-order valence-electron chi connectivity index (χ2n) is 4.94. The van der Waals surface area contributed by atoms with Crippen molar-refractivity contribution in [3.63, 3.8) is 0 Å². The molecule has 0 spiro atoms. The third-order valence-electron chi connectivity index (χ3n) is 3.01. The third kappa shape index (κ3) is 3.09. The summed E-state index contributed by atoms with van der Waals surface area (Å²) in [4.78, 5) is 4.43. The maximum Gasteiger partial charge on any atom is 0.195 e. The van der Waals surface area contributed by atoms with E-state index in [1.54, 1.807) is 4.68 Å². The van der Waals surface area contributed by atoms with E-state index in [9.17, 15) is 0 Å². The highest BCUT2D eigenvalue weighted by Crippen LogP contribution is 2.17. The van der Waals surface area contributed by atoms with Gasteiger partial charge in [0, 0.05) is 31.6 Å². The number of aromatic nitrogens is 3. The summed E-state index contributed by atoms with van der Waals surface area (Å²) in [7, 11) is 1.82.